The molecule has 102 valence electrons. The van der Waals surface area contributed by atoms with Crippen LogP contribution in [0.15, 0.2) is 47.8 Å². The van der Waals surface area contributed by atoms with Gasteiger partial charge in [0.2, 0.25) is 0 Å². The monoisotopic (exact) mass is 298 g/mol. The van der Waals surface area contributed by atoms with E-state index < -0.39 is 16.2 Å². The van der Waals surface area contributed by atoms with E-state index in [0.717, 1.165) is 0 Å². The van der Waals surface area contributed by atoms with Gasteiger partial charge in [0.25, 0.3) is 10.1 Å². The third-order valence-electron chi connectivity index (χ3n) is 2.46. The fourth-order valence-corrected chi connectivity index (χ4v) is 3.27. The minimum absolute atomic E-state index is 0.189. The Labute approximate surface area is 116 Å². The Morgan fingerprint density at radius 2 is 1.89 bits per heavy atom. The summed E-state index contributed by atoms with van der Waals surface area (Å²) in [7, 11) is -3.68. The number of aliphatic hydroxyl groups excluding tert-OH is 1. The number of aliphatic hydroxyl groups is 1. The van der Waals surface area contributed by atoms with Crippen molar-refractivity contribution in [2.24, 2.45) is 0 Å². The number of hydrogen-bond donors (Lipinski definition) is 1. The summed E-state index contributed by atoms with van der Waals surface area (Å²) in [6.45, 7) is -0.254. The molecule has 0 aliphatic heterocycles. The van der Waals surface area contributed by atoms with Gasteiger partial charge in [0, 0.05) is 4.88 Å². The Balaban J connectivity index is 1.91. The lowest BCUT2D eigenvalue weighted by Crippen LogP contribution is -2.14. The Hall–Kier alpha value is -1.21. The van der Waals surface area contributed by atoms with Crippen LogP contribution in [0.3, 0.4) is 0 Å². The Morgan fingerprint density at radius 3 is 2.53 bits per heavy atom. The van der Waals surface area contributed by atoms with E-state index in [2.05, 4.69) is 0 Å². The average Bonchev–Trinajstić information content (AvgIpc) is 2.91. The summed E-state index contributed by atoms with van der Waals surface area (Å²) >= 11 is 1.36. The van der Waals surface area contributed by atoms with Crippen molar-refractivity contribution in [3.05, 3.63) is 58.3 Å². The van der Waals surface area contributed by atoms with E-state index in [0.29, 0.717) is 10.4 Å². The van der Waals surface area contributed by atoms with Gasteiger partial charge in [-0.1, -0.05) is 36.4 Å². The standard InChI is InChI=1S/C13H14O4S2/c14-12(13-7-4-8-18-13)9-17-19(15,16)10-11-5-2-1-3-6-11/h1-8,12,14H,9-10H2/t12-/m1/s1. The van der Waals surface area contributed by atoms with Gasteiger partial charge >= 0.3 is 0 Å². The normalized spacial score (nSPS) is 13.3. The van der Waals surface area contributed by atoms with Crippen LogP contribution in [0.2, 0.25) is 0 Å². The first kappa shape index (κ1) is 14.2. The van der Waals surface area contributed by atoms with Crippen LogP contribution in [-0.2, 0) is 20.1 Å². The van der Waals surface area contributed by atoms with Gasteiger partial charge in [0.05, 0.1) is 6.61 Å². The molecule has 1 atom stereocenters. The second-order valence-electron chi connectivity index (χ2n) is 4.00. The molecule has 0 aliphatic rings. The number of hydrogen-bond acceptors (Lipinski definition) is 5. The lowest BCUT2D eigenvalue weighted by Gasteiger charge is -2.09. The van der Waals surface area contributed by atoms with E-state index in [1.165, 1.54) is 11.3 Å². The summed E-state index contributed by atoms with van der Waals surface area (Å²) in [5, 5.41) is 11.6. The van der Waals surface area contributed by atoms with E-state index in [4.69, 9.17) is 4.18 Å². The summed E-state index contributed by atoms with van der Waals surface area (Å²) < 4.78 is 28.3. The smallest absolute Gasteiger partial charge is 0.271 e. The van der Waals surface area contributed by atoms with Gasteiger partial charge in [0.1, 0.15) is 11.9 Å². The third-order valence-corrected chi connectivity index (χ3v) is 4.62. The molecular formula is C13H14O4S2. The molecule has 0 bridgehead atoms. The highest BCUT2D eigenvalue weighted by Crippen LogP contribution is 2.20. The van der Waals surface area contributed by atoms with E-state index >= 15 is 0 Å². The topological polar surface area (TPSA) is 63.6 Å². The summed E-state index contributed by atoms with van der Waals surface area (Å²) in [5.41, 5.74) is 0.660. The number of thiophene rings is 1. The van der Waals surface area contributed by atoms with Gasteiger partial charge in [-0.05, 0) is 17.0 Å². The molecule has 0 unspecified atom stereocenters. The maximum Gasteiger partial charge on any atom is 0.271 e. The first-order valence-electron chi connectivity index (χ1n) is 5.69. The summed E-state index contributed by atoms with van der Waals surface area (Å²) in [4.78, 5) is 0.690. The Bertz CT molecular complexity index is 591. The second kappa shape index (κ2) is 6.29. The van der Waals surface area contributed by atoms with Gasteiger partial charge in [-0.3, -0.25) is 4.18 Å². The van der Waals surface area contributed by atoms with E-state index in [9.17, 15) is 13.5 Å². The first-order chi connectivity index (χ1) is 9.07. The van der Waals surface area contributed by atoms with Crippen LogP contribution in [-0.4, -0.2) is 20.1 Å². The molecule has 6 heteroatoms. The zero-order valence-corrected chi connectivity index (χ0v) is 11.7. The van der Waals surface area contributed by atoms with Gasteiger partial charge in [-0.15, -0.1) is 11.3 Å². The third kappa shape index (κ3) is 4.43. The van der Waals surface area contributed by atoms with Crippen molar-refractivity contribution >= 4 is 21.5 Å². The minimum Gasteiger partial charge on any atom is -0.385 e. The van der Waals surface area contributed by atoms with Crippen LogP contribution < -0.4 is 0 Å². The quantitative estimate of drug-likeness (QED) is 0.831. The summed E-state index contributed by atoms with van der Waals surface area (Å²) in [6.07, 6.45) is -0.912. The van der Waals surface area contributed by atoms with Crippen LogP contribution in [0, 0.1) is 0 Å². The molecule has 2 rings (SSSR count). The number of benzene rings is 1. The van der Waals surface area contributed by atoms with Crippen LogP contribution in [0.4, 0.5) is 0 Å². The molecule has 0 amide bonds. The highest BCUT2D eigenvalue weighted by atomic mass is 32.2. The predicted molar refractivity (Wildman–Crippen MR) is 74.3 cm³/mol. The SMILES string of the molecule is O=S(=O)(Cc1ccccc1)OC[C@@H](O)c1cccs1. The van der Waals surface area contributed by atoms with Crippen molar-refractivity contribution < 1.29 is 17.7 Å². The molecule has 1 aromatic carbocycles. The molecular weight excluding hydrogens is 284 g/mol. The lowest BCUT2D eigenvalue weighted by atomic mass is 10.2. The molecule has 1 heterocycles. The largest absolute Gasteiger partial charge is 0.385 e. The van der Waals surface area contributed by atoms with Crippen LogP contribution in [0.25, 0.3) is 0 Å². The van der Waals surface area contributed by atoms with E-state index in [1.54, 1.807) is 36.4 Å². The molecule has 0 spiro atoms. The van der Waals surface area contributed by atoms with Crippen molar-refractivity contribution in [2.75, 3.05) is 6.61 Å². The molecule has 1 N–H and O–H groups in total. The van der Waals surface area contributed by atoms with Gasteiger partial charge in [-0.2, -0.15) is 8.42 Å². The van der Waals surface area contributed by atoms with Gasteiger partial charge < -0.3 is 5.11 Å². The highest BCUT2D eigenvalue weighted by Gasteiger charge is 2.16. The molecule has 1 aromatic heterocycles. The van der Waals surface area contributed by atoms with E-state index in [-0.39, 0.29) is 12.4 Å². The summed E-state index contributed by atoms with van der Waals surface area (Å²) in [5.74, 6) is -0.189. The predicted octanol–water partition coefficient (Wildman–Crippen LogP) is 2.33. The van der Waals surface area contributed by atoms with Gasteiger partial charge in [0.15, 0.2) is 0 Å². The minimum atomic E-state index is -3.68. The van der Waals surface area contributed by atoms with Crippen molar-refractivity contribution in [3.63, 3.8) is 0 Å². The van der Waals surface area contributed by atoms with Crippen molar-refractivity contribution in [3.8, 4) is 0 Å². The molecule has 0 saturated heterocycles. The molecule has 4 nitrogen and oxygen atoms in total. The maximum atomic E-state index is 11.7. The number of rotatable bonds is 6. The van der Waals surface area contributed by atoms with Crippen molar-refractivity contribution in [1.29, 1.82) is 0 Å². The molecule has 0 saturated carbocycles. The Morgan fingerprint density at radius 1 is 1.16 bits per heavy atom. The zero-order valence-electron chi connectivity index (χ0n) is 10.1. The lowest BCUT2D eigenvalue weighted by molar-refractivity contribution is 0.114. The first-order valence-corrected chi connectivity index (χ1v) is 8.15. The second-order valence-corrected chi connectivity index (χ2v) is 6.62. The van der Waals surface area contributed by atoms with Crippen LogP contribution in [0.5, 0.6) is 0 Å². The highest BCUT2D eigenvalue weighted by molar-refractivity contribution is 7.85. The molecule has 0 radical (unpaired) electrons. The average molecular weight is 298 g/mol. The van der Waals surface area contributed by atoms with Crippen LogP contribution in [0.1, 0.15) is 16.5 Å². The molecule has 0 fully saturated rings. The fraction of sp³-hybridized carbons (Fsp3) is 0.231. The zero-order chi connectivity index (χ0) is 13.7. The molecule has 19 heavy (non-hydrogen) atoms. The molecule has 2 aromatic rings. The Kier molecular flexibility index (Phi) is 4.71. The molecule has 0 aliphatic carbocycles. The fourth-order valence-electron chi connectivity index (χ4n) is 1.55. The maximum absolute atomic E-state index is 11.7. The van der Waals surface area contributed by atoms with E-state index in [1.807, 2.05) is 11.4 Å². The van der Waals surface area contributed by atoms with Crippen molar-refractivity contribution in [2.45, 2.75) is 11.9 Å². The van der Waals surface area contributed by atoms with Gasteiger partial charge in [-0.25, -0.2) is 0 Å². The van der Waals surface area contributed by atoms with Crippen molar-refractivity contribution in [1.82, 2.24) is 0 Å². The van der Waals surface area contributed by atoms with Crippen LogP contribution >= 0.6 is 11.3 Å². The summed E-state index contributed by atoms with van der Waals surface area (Å²) in [6, 6.07) is 12.3.